The highest BCUT2D eigenvalue weighted by atomic mass is 16.5. The van der Waals surface area contributed by atoms with E-state index in [1.165, 1.54) is 0 Å². The molecule has 0 unspecified atom stereocenters. The summed E-state index contributed by atoms with van der Waals surface area (Å²) in [4.78, 5) is 13.8. The number of aliphatic hydroxyl groups excluding tert-OH is 1. The largest absolute Gasteiger partial charge is 0.483 e. The first kappa shape index (κ1) is 17.5. The lowest BCUT2D eigenvalue weighted by molar-refractivity contribution is -0.134. The van der Waals surface area contributed by atoms with E-state index < -0.39 is 0 Å². The van der Waals surface area contributed by atoms with Gasteiger partial charge >= 0.3 is 0 Å². The van der Waals surface area contributed by atoms with Gasteiger partial charge in [-0.15, -0.1) is 0 Å². The molecule has 0 fully saturated rings. The highest BCUT2D eigenvalue weighted by Crippen LogP contribution is 2.22. The van der Waals surface area contributed by atoms with E-state index in [9.17, 15) is 4.79 Å². The minimum Gasteiger partial charge on any atom is -0.483 e. The topological polar surface area (TPSA) is 59.0 Å². The van der Waals surface area contributed by atoms with Crippen LogP contribution in [0.3, 0.4) is 0 Å². The maximum absolute atomic E-state index is 12.2. The van der Waals surface area contributed by atoms with Crippen LogP contribution in [-0.2, 0) is 9.53 Å². The van der Waals surface area contributed by atoms with Gasteiger partial charge in [-0.1, -0.05) is 18.2 Å². The number of aryl methyl sites for hydroxylation is 2. The molecule has 1 aromatic carbocycles. The minimum atomic E-state index is -0.122. The molecule has 0 saturated carbocycles. The molecule has 0 bridgehead atoms. The van der Waals surface area contributed by atoms with E-state index in [0.717, 1.165) is 23.3 Å². The van der Waals surface area contributed by atoms with Gasteiger partial charge in [0.1, 0.15) is 5.75 Å². The van der Waals surface area contributed by atoms with E-state index in [2.05, 4.69) is 0 Å². The summed E-state index contributed by atoms with van der Waals surface area (Å²) >= 11 is 0. The molecule has 0 atom stereocenters. The third-order valence-electron chi connectivity index (χ3n) is 3.25. The highest BCUT2D eigenvalue weighted by molar-refractivity contribution is 5.77. The number of hydrogen-bond acceptors (Lipinski definition) is 4. The Kier molecular flexibility index (Phi) is 7.79. The van der Waals surface area contributed by atoms with Crippen molar-refractivity contribution >= 4 is 5.91 Å². The first-order valence-corrected chi connectivity index (χ1v) is 7.16. The fraction of sp³-hybridized carbons (Fsp3) is 0.562. The summed E-state index contributed by atoms with van der Waals surface area (Å²) in [5, 5.41) is 9.05. The Morgan fingerprint density at radius 1 is 1.24 bits per heavy atom. The molecule has 1 N–H and O–H groups in total. The van der Waals surface area contributed by atoms with Gasteiger partial charge in [0.15, 0.2) is 6.61 Å². The Morgan fingerprint density at radius 2 is 1.90 bits per heavy atom. The van der Waals surface area contributed by atoms with E-state index in [1.807, 2.05) is 32.0 Å². The molecule has 0 heterocycles. The molecule has 5 nitrogen and oxygen atoms in total. The molecule has 1 rings (SSSR count). The predicted molar refractivity (Wildman–Crippen MR) is 81.6 cm³/mol. The molecule has 0 spiro atoms. The molecule has 0 aliphatic carbocycles. The second kappa shape index (κ2) is 9.37. The van der Waals surface area contributed by atoms with Crippen molar-refractivity contribution < 1.29 is 19.4 Å². The molecular formula is C16H25NO4. The normalized spacial score (nSPS) is 10.5. The van der Waals surface area contributed by atoms with E-state index in [-0.39, 0.29) is 19.1 Å². The molecule has 0 aliphatic heterocycles. The van der Waals surface area contributed by atoms with Gasteiger partial charge in [-0.05, 0) is 31.4 Å². The lowest BCUT2D eigenvalue weighted by Crippen LogP contribution is -2.38. The second-order valence-electron chi connectivity index (χ2n) is 4.96. The number of benzene rings is 1. The van der Waals surface area contributed by atoms with Crippen LogP contribution >= 0.6 is 0 Å². The van der Waals surface area contributed by atoms with Gasteiger partial charge in [0.25, 0.3) is 5.91 Å². The van der Waals surface area contributed by atoms with Crippen LogP contribution in [0.15, 0.2) is 18.2 Å². The van der Waals surface area contributed by atoms with Gasteiger partial charge in [-0.2, -0.15) is 0 Å². The number of carbonyl (C=O) groups excluding carboxylic acids is 1. The van der Waals surface area contributed by atoms with E-state index in [0.29, 0.717) is 19.7 Å². The number of carbonyl (C=O) groups is 1. The van der Waals surface area contributed by atoms with Crippen molar-refractivity contribution in [2.24, 2.45) is 0 Å². The zero-order valence-electron chi connectivity index (χ0n) is 13.1. The minimum absolute atomic E-state index is 0.0152. The Balaban J connectivity index is 2.56. The van der Waals surface area contributed by atoms with Gasteiger partial charge in [0.2, 0.25) is 0 Å². The third kappa shape index (κ3) is 5.73. The van der Waals surface area contributed by atoms with E-state index in [4.69, 9.17) is 14.6 Å². The number of para-hydroxylation sites is 1. The zero-order valence-corrected chi connectivity index (χ0v) is 13.1. The third-order valence-corrected chi connectivity index (χ3v) is 3.25. The SMILES string of the molecule is COCCCN(CCO)C(=O)COc1c(C)cccc1C. The van der Waals surface area contributed by atoms with Crippen LogP contribution in [0, 0.1) is 13.8 Å². The van der Waals surface area contributed by atoms with Gasteiger partial charge in [-0.25, -0.2) is 0 Å². The summed E-state index contributed by atoms with van der Waals surface area (Å²) in [5.41, 5.74) is 2.02. The number of hydrogen-bond donors (Lipinski definition) is 1. The van der Waals surface area contributed by atoms with Gasteiger partial charge in [0.05, 0.1) is 6.61 Å². The van der Waals surface area contributed by atoms with Crippen molar-refractivity contribution in [1.29, 1.82) is 0 Å². The van der Waals surface area contributed by atoms with Crippen molar-refractivity contribution in [3.05, 3.63) is 29.3 Å². The van der Waals surface area contributed by atoms with Crippen LogP contribution in [0.2, 0.25) is 0 Å². The summed E-state index contributed by atoms with van der Waals surface area (Å²) in [5.74, 6) is 0.634. The van der Waals surface area contributed by atoms with Crippen LogP contribution in [0.1, 0.15) is 17.5 Å². The number of ether oxygens (including phenoxy) is 2. The molecule has 5 heteroatoms. The first-order valence-electron chi connectivity index (χ1n) is 7.16. The fourth-order valence-corrected chi connectivity index (χ4v) is 2.13. The van der Waals surface area contributed by atoms with Crippen molar-refractivity contribution in [3.63, 3.8) is 0 Å². The molecule has 21 heavy (non-hydrogen) atoms. The molecule has 0 saturated heterocycles. The molecule has 118 valence electrons. The molecule has 1 aromatic rings. The van der Waals surface area contributed by atoms with Crippen LogP contribution in [-0.4, -0.2) is 55.9 Å². The first-order chi connectivity index (χ1) is 10.1. The van der Waals surface area contributed by atoms with Gasteiger partial charge in [-0.3, -0.25) is 4.79 Å². The lowest BCUT2D eigenvalue weighted by atomic mass is 10.1. The van der Waals surface area contributed by atoms with Crippen molar-refractivity contribution in [2.45, 2.75) is 20.3 Å². The van der Waals surface area contributed by atoms with Crippen molar-refractivity contribution in [1.82, 2.24) is 4.90 Å². The van der Waals surface area contributed by atoms with E-state index in [1.54, 1.807) is 12.0 Å². The number of methoxy groups -OCH3 is 1. The fourth-order valence-electron chi connectivity index (χ4n) is 2.13. The average molecular weight is 295 g/mol. The van der Waals surface area contributed by atoms with Crippen molar-refractivity contribution in [3.8, 4) is 5.75 Å². The molecular weight excluding hydrogens is 270 g/mol. The number of rotatable bonds is 9. The van der Waals surface area contributed by atoms with Gasteiger partial charge < -0.3 is 19.5 Å². The monoisotopic (exact) mass is 295 g/mol. The smallest absolute Gasteiger partial charge is 0.260 e. The molecule has 0 aliphatic rings. The highest BCUT2D eigenvalue weighted by Gasteiger charge is 2.14. The standard InChI is InChI=1S/C16H25NO4/c1-13-6-4-7-14(2)16(13)21-12-15(19)17(9-10-18)8-5-11-20-3/h4,6-7,18H,5,8-12H2,1-3H3. The maximum Gasteiger partial charge on any atom is 0.260 e. The number of aliphatic hydroxyl groups is 1. The summed E-state index contributed by atoms with van der Waals surface area (Å²) in [6, 6.07) is 5.87. The predicted octanol–water partition coefficient (Wildman–Crippen LogP) is 1.54. The zero-order chi connectivity index (χ0) is 15.7. The van der Waals surface area contributed by atoms with Crippen LogP contribution < -0.4 is 4.74 Å². The Hall–Kier alpha value is -1.59. The van der Waals surface area contributed by atoms with Crippen LogP contribution in [0.25, 0.3) is 0 Å². The molecule has 0 radical (unpaired) electrons. The summed E-state index contributed by atoms with van der Waals surface area (Å²) in [6.07, 6.45) is 0.742. The van der Waals surface area contributed by atoms with E-state index >= 15 is 0 Å². The molecule has 0 aromatic heterocycles. The summed E-state index contributed by atoms with van der Waals surface area (Å²) < 4.78 is 10.6. The van der Waals surface area contributed by atoms with Crippen molar-refractivity contribution in [2.75, 3.05) is 40.0 Å². The average Bonchev–Trinajstić information content (AvgIpc) is 2.46. The molecule has 1 amide bonds. The number of amides is 1. The summed E-state index contributed by atoms with van der Waals surface area (Å²) in [6.45, 7) is 5.31. The Labute approximate surface area is 126 Å². The Bertz CT molecular complexity index is 428. The lowest BCUT2D eigenvalue weighted by Gasteiger charge is -2.22. The summed E-state index contributed by atoms with van der Waals surface area (Å²) in [7, 11) is 1.63. The van der Waals surface area contributed by atoms with Crippen LogP contribution in [0.4, 0.5) is 0 Å². The van der Waals surface area contributed by atoms with Crippen LogP contribution in [0.5, 0.6) is 5.75 Å². The maximum atomic E-state index is 12.2. The quantitative estimate of drug-likeness (QED) is 0.702. The van der Waals surface area contributed by atoms with Gasteiger partial charge in [0, 0.05) is 26.8 Å². The number of nitrogens with zero attached hydrogens (tertiary/aromatic N) is 1. The Morgan fingerprint density at radius 3 is 2.48 bits per heavy atom. The second-order valence-corrected chi connectivity index (χ2v) is 4.96.